The van der Waals surface area contributed by atoms with Crippen LogP contribution in [0.5, 0.6) is 0 Å². The molecule has 0 aliphatic heterocycles. The second-order valence-electron chi connectivity index (χ2n) is 4.53. The fraction of sp³-hybridized carbons (Fsp3) is 0.727. The van der Waals surface area contributed by atoms with Gasteiger partial charge in [-0.25, -0.2) is 9.59 Å². The normalized spacial score (nSPS) is 12.4. The van der Waals surface area contributed by atoms with E-state index in [1.807, 2.05) is 0 Å². The van der Waals surface area contributed by atoms with Crippen LogP contribution in [0.25, 0.3) is 0 Å². The van der Waals surface area contributed by atoms with Crippen molar-refractivity contribution in [3.8, 4) is 0 Å². The van der Waals surface area contributed by atoms with Crippen LogP contribution < -0.4 is 10.6 Å². The lowest BCUT2D eigenvalue weighted by Crippen LogP contribution is -2.52. The second-order valence-corrected chi connectivity index (χ2v) is 4.53. The van der Waals surface area contributed by atoms with Gasteiger partial charge >= 0.3 is 18.0 Å². The van der Waals surface area contributed by atoms with Gasteiger partial charge in [-0.3, -0.25) is 4.79 Å². The van der Waals surface area contributed by atoms with Gasteiger partial charge in [-0.1, -0.05) is 0 Å². The van der Waals surface area contributed by atoms with Gasteiger partial charge in [0.15, 0.2) is 0 Å². The highest BCUT2D eigenvalue weighted by molar-refractivity contribution is 5.83. The fourth-order valence-corrected chi connectivity index (χ4v) is 1.29. The molecule has 0 aliphatic carbocycles. The van der Waals surface area contributed by atoms with Gasteiger partial charge in [0.2, 0.25) is 0 Å². The molecule has 0 saturated heterocycles. The highest BCUT2D eigenvalue weighted by Crippen LogP contribution is 2.07. The van der Waals surface area contributed by atoms with E-state index >= 15 is 0 Å². The lowest BCUT2D eigenvalue weighted by Gasteiger charge is -2.25. The summed E-state index contributed by atoms with van der Waals surface area (Å²) >= 11 is 0. The van der Waals surface area contributed by atoms with E-state index in [1.165, 1.54) is 6.92 Å². The summed E-state index contributed by atoms with van der Waals surface area (Å²) < 4.78 is 4.72. The monoisotopic (exact) mass is 260 g/mol. The first-order valence-electron chi connectivity index (χ1n) is 5.65. The molecule has 0 spiro atoms. The van der Waals surface area contributed by atoms with E-state index in [0.29, 0.717) is 0 Å². The summed E-state index contributed by atoms with van der Waals surface area (Å²) in [5.41, 5.74) is -0.899. The van der Waals surface area contributed by atoms with E-state index in [-0.39, 0.29) is 13.0 Å². The number of urea groups is 1. The summed E-state index contributed by atoms with van der Waals surface area (Å²) in [5.74, 6) is -1.55. The van der Waals surface area contributed by atoms with Crippen molar-refractivity contribution in [3.05, 3.63) is 0 Å². The van der Waals surface area contributed by atoms with Crippen molar-refractivity contribution < 1.29 is 24.2 Å². The molecule has 0 aromatic carbocycles. The number of rotatable bonds is 6. The predicted molar refractivity (Wildman–Crippen MR) is 64.1 cm³/mol. The molecule has 0 rings (SSSR count). The number of carboxylic acids is 1. The quantitative estimate of drug-likeness (QED) is 0.603. The maximum absolute atomic E-state index is 11.5. The molecule has 18 heavy (non-hydrogen) atoms. The first-order valence-corrected chi connectivity index (χ1v) is 5.65. The minimum Gasteiger partial charge on any atom is -0.481 e. The summed E-state index contributed by atoms with van der Waals surface area (Å²) in [6.45, 7) is 6.55. The van der Waals surface area contributed by atoms with Crippen LogP contribution in [0.4, 0.5) is 4.79 Å². The smallest absolute Gasteiger partial charge is 0.328 e. The maximum Gasteiger partial charge on any atom is 0.328 e. The lowest BCUT2D eigenvalue weighted by molar-refractivity contribution is -0.145. The Hall–Kier alpha value is -1.79. The third kappa shape index (κ3) is 6.72. The summed E-state index contributed by atoms with van der Waals surface area (Å²) in [6, 6.07) is -1.40. The second kappa shape index (κ2) is 6.83. The average molecular weight is 260 g/mol. The highest BCUT2D eigenvalue weighted by atomic mass is 16.5. The van der Waals surface area contributed by atoms with E-state index in [0.717, 1.165) is 0 Å². The minimum atomic E-state index is -1.02. The largest absolute Gasteiger partial charge is 0.481 e. The molecule has 0 heterocycles. The Morgan fingerprint density at radius 2 is 1.89 bits per heavy atom. The highest BCUT2D eigenvalue weighted by Gasteiger charge is 2.25. The number of nitrogens with one attached hydrogen (secondary N) is 2. The summed E-state index contributed by atoms with van der Waals surface area (Å²) in [5, 5.41) is 13.5. The molecule has 3 N–H and O–H groups in total. The van der Waals surface area contributed by atoms with E-state index in [9.17, 15) is 14.4 Å². The van der Waals surface area contributed by atoms with Crippen molar-refractivity contribution in [2.45, 2.75) is 45.7 Å². The SMILES string of the molecule is CCOC(=O)C(C)NC(=O)NC(C)(C)CC(=O)O. The molecule has 0 aromatic heterocycles. The first kappa shape index (κ1) is 16.2. The van der Waals surface area contributed by atoms with Crippen molar-refractivity contribution in [3.63, 3.8) is 0 Å². The number of amides is 2. The van der Waals surface area contributed by atoms with Gasteiger partial charge in [0, 0.05) is 5.54 Å². The van der Waals surface area contributed by atoms with Gasteiger partial charge in [-0.05, 0) is 27.7 Å². The molecule has 0 saturated carbocycles. The molecule has 0 fully saturated rings. The molecule has 0 bridgehead atoms. The Kier molecular flexibility index (Phi) is 6.15. The summed E-state index contributed by atoms with van der Waals surface area (Å²) in [7, 11) is 0. The Labute approximate surface area is 106 Å². The fourth-order valence-electron chi connectivity index (χ4n) is 1.29. The van der Waals surface area contributed by atoms with E-state index < -0.39 is 29.6 Å². The Morgan fingerprint density at radius 1 is 1.33 bits per heavy atom. The van der Waals surface area contributed by atoms with Crippen molar-refractivity contribution >= 4 is 18.0 Å². The van der Waals surface area contributed by atoms with Gasteiger partial charge in [0.25, 0.3) is 0 Å². The van der Waals surface area contributed by atoms with Gasteiger partial charge in [0.05, 0.1) is 13.0 Å². The number of esters is 1. The van der Waals surface area contributed by atoms with Gasteiger partial charge in [0.1, 0.15) is 6.04 Å². The van der Waals surface area contributed by atoms with Crippen molar-refractivity contribution in [2.24, 2.45) is 0 Å². The van der Waals surface area contributed by atoms with Crippen LogP contribution in [0, 0.1) is 0 Å². The predicted octanol–water partition coefficient (Wildman–Crippen LogP) is 0.491. The number of hydrogen-bond donors (Lipinski definition) is 3. The summed E-state index contributed by atoms with van der Waals surface area (Å²) in [4.78, 5) is 33.4. The molecule has 2 amide bonds. The Balaban J connectivity index is 4.26. The zero-order valence-corrected chi connectivity index (χ0v) is 11.1. The average Bonchev–Trinajstić information content (AvgIpc) is 2.13. The number of ether oxygens (including phenoxy) is 1. The third-order valence-electron chi connectivity index (χ3n) is 2.03. The van der Waals surface area contributed by atoms with E-state index in [2.05, 4.69) is 10.6 Å². The molecule has 0 radical (unpaired) electrons. The molecule has 1 atom stereocenters. The first-order chi connectivity index (χ1) is 8.18. The van der Waals surface area contributed by atoms with Gasteiger partial charge in [-0.2, -0.15) is 0 Å². The van der Waals surface area contributed by atoms with E-state index in [4.69, 9.17) is 9.84 Å². The zero-order chi connectivity index (χ0) is 14.3. The lowest BCUT2D eigenvalue weighted by atomic mass is 10.0. The number of carbonyl (C=O) groups excluding carboxylic acids is 2. The molecule has 7 heteroatoms. The van der Waals surface area contributed by atoms with Crippen LogP contribution in [0.2, 0.25) is 0 Å². The van der Waals surface area contributed by atoms with Crippen molar-refractivity contribution in [1.82, 2.24) is 10.6 Å². The summed E-state index contributed by atoms with van der Waals surface area (Å²) in [6.07, 6.45) is -0.214. The van der Waals surface area contributed by atoms with E-state index in [1.54, 1.807) is 20.8 Å². The van der Waals surface area contributed by atoms with Crippen LogP contribution in [-0.2, 0) is 14.3 Å². The molecule has 1 unspecified atom stereocenters. The Morgan fingerprint density at radius 3 is 2.33 bits per heavy atom. The van der Waals surface area contributed by atoms with Crippen molar-refractivity contribution in [2.75, 3.05) is 6.61 Å². The Bertz CT molecular complexity index is 327. The molecular weight excluding hydrogens is 240 g/mol. The number of aliphatic carboxylic acids is 1. The van der Waals surface area contributed by atoms with Crippen LogP contribution in [0.3, 0.4) is 0 Å². The molecule has 0 aromatic rings. The van der Waals surface area contributed by atoms with Crippen LogP contribution in [0.15, 0.2) is 0 Å². The van der Waals surface area contributed by atoms with Gasteiger partial charge in [-0.15, -0.1) is 0 Å². The minimum absolute atomic E-state index is 0.214. The molecule has 7 nitrogen and oxygen atoms in total. The maximum atomic E-state index is 11.5. The van der Waals surface area contributed by atoms with Crippen LogP contribution in [-0.4, -0.2) is 41.3 Å². The topological polar surface area (TPSA) is 105 Å². The number of hydrogen-bond acceptors (Lipinski definition) is 4. The number of carboxylic acid groups (broad SMARTS) is 1. The third-order valence-corrected chi connectivity index (χ3v) is 2.03. The van der Waals surface area contributed by atoms with Gasteiger partial charge < -0.3 is 20.5 Å². The zero-order valence-electron chi connectivity index (χ0n) is 11.1. The number of carbonyl (C=O) groups is 3. The van der Waals surface area contributed by atoms with Crippen molar-refractivity contribution in [1.29, 1.82) is 0 Å². The molecule has 104 valence electrons. The molecule has 0 aliphatic rings. The molecular formula is C11H20N2O5. The van der Waals surface area contributed by atoms with Crippen LogP contribution >= 0.6 is 0 Å². The standard InChI is InChI=1S/C11H20N2O5/c1-5-18-9(16)7(2)12-10(17)13-11(3,4)6-8(14)15/h7H,5-6H2,1-4H3,(H,14,15)(H2,12,13,17). The van der Waals surface area contributed by atoms with Crippen LogP contribution in [0.1, 0.15) is 34.1 Å².